The van der Waals surface area contributed by atoms with Crippen LogP contribution in [-0.2, 0) is 0 Å². The van der Waals surface area contributed by atoms with E-state index in [1.165, 1.54) is 0 Å². The van der Waals surface area contributed by atoms with Gasteiger partial charge in [-0.15, -0.1) is 0 Å². The molecule has 0 amide bonds. The Kier molecular flexibility index (Phi) is 2.44. The molecule has 1 aromatic carbocycles. The lowest BCUT2D eigenvalue weighted by atomic mass is 9.97. The van der Waals surface area contributed by atoms with Gasteiger partial charge >= 0.3 is 0 Å². The normalized spacial score (nSPS) is 12.9. The summed E-state index contributed by atoms with van der Waals surface area (Å²) >= 11 is 0. The van der Waals surface area contributed by atoms with Crippen LogP contribution in [-0.4, -0.2) is 10.1 Å². The number of pyridine rings is 1. The van der Waals surface area contributed by atoms with E-state index in [1.54, 1.807) is 25.3 Å². The van der Waals surface area contributed by atoms with E-state index in [1.807, 2.05) is 6.92 Å². The highest BCUT2D eigenvalue weighted by atomic mass is 16.3. The van der Waals surface area contributed by atoms with Crippen LogP contribution < -0.4 is 11.3 Å². The van der Waals surface area contributed by atoms with Gasteiger partial charge in [0.1, 0.15) is 0 Å². The van der Waals surface area contributed by atoms with Crippen LogP contribution >= 0.6 is 0 Å². The Morgan fingerprint density at radius 3 is 2.75 bits per heavy atom. The molecule has 0 spiro atoms. The van der Waals surface area contributed by atoms with E-state index in [4.69, 9.17) is 5.73 Å². The Balaban J connectivity index is 3.03. The molecule has 0 saturated carbocycles. The van der Waals surface area contributed by atoms with Gasteiger partial charge in [0, 0.05) is 22.8 Å². The first kappa shape index (κ1) is 10.7. The van der Waals surface area contributed by atoms with Crippen LogP contribution in [0.2, 0.25) is 0 Å². The van der Waals surface area contributed by atoms with Gasteiger partial charge in [-0.3, -0.25) is 4.79 Å². The van der Waals surface area contributed by atoms with E-state index in [-0.39, 0.29) is 5.56 Å². The van der Waals surface area contributed by atoms with Gasteiger partial charge in [-0.1, -0.05) is 0 Å². The molecular weight excluding hydrogens is 204 g/mol. The van der Waals surface area contributed by atoms with Crippen molar-refractivity contribution in [2.45, 2.75) is 20.0 Å². The Labute approximate surface area is 92.7 Å². The summed E-state index contributed by atoms with van der Waals surface area (Å²) in [6, 6.07) is 3.33. The standard InChI is InChI=1S/C12H14N2O2/c1-6-5-14-12(16)8-3-4-9(13)11(7(2)15)10(6)8/h3-5,7,15H,13H2,1-2H3,(H,14,16). The number of aliphatic hydroxyl groups excluding tert-OH is 1. The van der Waals surface area contributed by atoms with E-state index in [0.29, 0.717) is 16.6 Å². The number of fused-ring (bicyclic) bond motifs is 1. The summed E-state index contributed by atoms with van der Waals surface area (Å²) in [5.41, 5.74) is 7.71. The molecule has 4 heteroatoms. The molecule has 0 fully saturated rings. The van der Waals surface area contributed by atoms with Crippen LogP contribution in [0.25, 0.3) is 10.8 Å². The first-order valence-corrected chi connectivity index (χ1v) is 5.11. The Bertz CT molecular complexity index is 600. The van der Waals surface area contributed by atoms with Crippen LogP contribution in [0.4, 0.5) is 5.69 Å². The molecule has 0 saturated heterocycles. The maximum atomic E-state index is 11.6. The second-order valence-electron chi connectivity index (χ2n) is 3.97. The molecule has 4 N–H and O–H groups in total. The zero-order chi connectivity index (χ0) is 11.9. The zero-order valence-electron chi connectivity index (χ0n) is 9.24. The maximum Gasteiger partial charge on any atom is 0.255 e. The molecule has 4 nitrogen and oxygen atoms in total. The molecule has 84 valence electrons. The number of aromatic amines is 1. The minimum Gasteiger partial charge on any atom is -0.398 e. The number of anilines is 1. The van der Waals surface area contributed by atoms with Gasteiger partial charge in [0.25, 0.3) is 5.56 Å². The van der Waals surface area contributed by atoms with E-state index < -0.39 is 6.10 Å². The number of aryl methyl sites for hydroxylation is 1. The molecule has 0 aliphatic heterocycles. The van der Waals surface area contributed by atoms with E-state index >= 15 is 0 Å². The molecule has 1 aromatic heterocycles. The van der Waals surface area contributed by atoms with Crippen molar-refractivity contribution in [2.24, 2.45) is 0 Å². The molecule has 0 bridgehead atoms. The van der Waals surface area contributed by atoms with Gasteiger partial charge in [0.05, 0.1) is 6.10 Å². The van der Waals surface area contributed by atoms with Crippen LogP contribution in [0.3, 0.4) is 0 Å². The van der Waals surface area contributed by atoms with Crippen molar-refractivity contribution >= 4 is 16.5 Å². The first-order chi connectivity index (χ1) is 7.52. The predicted octanol–water partition coefficient (Wildman–Crippen LogP) is 1.47. The van der Waals surface area contributed by atoms with Gasteiger partial charge in [0.2, 0.25) is 0 Å². The number of nitrogens with one attached hydrogen (secondary N) is 1. The Morgan fingerprint density at radius 1 is 1.44 bits per heavy atom. The summed E-state index contributed by atoms with van der Waals surface area (Å²) in [6.45, 7) is 3.52. The highest BCUT2D eigenvalue weighted by molar-refractivity contribution is 5.91. The topological polar surface area (TPSA) is 79.1 Å². The number of nitrogen functional groups attached to an aromatic ring is 1. The van der Waals surface area contributed by atoms with Crippen molar-refractivity contribution in [3.63, 3.8) is 0 Å². The molecular formula is C12H14N2O2. The molecule has 2 aromatic rings. The minimum absolute atomic E-state index is 0.164. The lowest BCUT2D eigenvalue weighted by Gasteiger charge is -2.13. The first-order valence-electron chi connectivity index (χ1n) is 5.11. The van der Waals surface area contributed by atoms with Crippen molar-refractivity contribution in [2.75, 3.05) is 5.73 Å². The molecule has 1 unspecified atom stereocenters. The number of hydrogen-bond acceptors (Lipinski definition) is 3. The number of hydrogen-bond donors (Lipinski definition) is 3. The van der Waals surface area contributed by atoms with Gasteiger partial charge in [0.15, 0.2) is 0 Å². The molecule has 0 aliphatic rings. The monoisotopic (exact) mass is 218 g/mol. The second kappa shape index (κ2) is 3.64. The van der Waals surface area contributed by atoms with Crippen molar-refractivity contribution in [1.29, 1.82) is 0 Å². The minimum atomic E-state index is -0.691. The van der Waals surface area contributed by atoms with Crippen molar-refractivity contribution in [3.05, 3.63) is 39.8 Å². The van der Waals surface area contributed by atoms with Crippen molar-refractivity contribution < 1.29 is 5.11 Å². The van der Waals surface area contributed by atoms with Gasteiger partial charge in [-0.05, 0) is 36.9 Å². The third-order valence-electron chi connectivity index (χ3n) is 2.76. The number of benzene rings is 1. The fraction of sp³-hybridized carbons (Fsp3) is 0.250. The summed E-state index contributed by atoms with van der Waals surface area (Å²) in [5.74, 6) is 0. The van der Waals surface area contributed by atoms with Crippen molar-refractivity contribution in [1.82, 2.24) is 4.98 Å². The van der Waals surface area contributed by atoms with Crippen LogP contribution in [0, 0.1) is 6.92 Å². The van der Waals surface area contributed by atoms with Gasteiger partial charge in [-0.2, -0.15) is 0 Å². The number of nitrogens with two attached hydrogens (primary N) is 1. The zero-order valence-corrected chi connectivity index (χ0v) is 9.24. The highest BCUT2D eigenvalue weighted by Crippen LogP contribution is 2.29. The van der Waals surface area contributed by atoms with Gasteiger partial charge in [-0.25, -0.2) is 0 Å². The summed E-state index contributed by atoms with van der Waals surface area (Å²) in [7, 11) is 0. The summed E-state index contributed by atoms with van der Waals surface area (Å²) in [4.78, 5) is 14.3. The lowest BCUT2D eigenvalue weighted by molar-refractivity contribution is 0.201. The molecule has 1 heterocycles. The fourth-order valence-electron chi connectivity index (χ4n) is 2.02. The highest BCUT2D eigenvalue weighted by Gasteiger charge is 2.13. The summed E-state index contributed by atoms with van der Waals surface area (Å²) in [6.07, 6.45) is 0.944. The van der Waals surface area contributed by atoms with Gasteiger partial charge < -0.3 is 15.8 Å². The Hall–Kier alpha value is -1.81. The van der Waals surface area contributed by atoms with Crippen LogP contribution in [0.15, 0.2) is 23.1 Å². The van der Waals surface area contributed by atoms with Crippen LogP contribution in [0.1, 0.15) is 24.2 Å². The second-order valence-corrected chi connectivity index (χ2v) is 3.97. The SMILES string of the molecule is Cc1c[nH]c(=O)c2ccc(N)c(C(C)O)c12. The number of aliphatic hydroxyl groups is 1. The molecule has 1 atom stereocenters. The average molecular weight is 218 g/mol. The maximum absolute atomic E-state index is 11.6. The molecule has 2 rings (SSSR count). The largest absolute Gasteiger partial charge is 0.398 e. The lowest BCUT2D eigenvalue weighted by Crippen LogP contribution is -2.09. The number of aromatic nitrogens is 1. The number of H-pyrrole nitrogens is 1. The third kappa shape index (κ3) is 1.47. The summed E-state index contributed by atoms with van der Waals surface area (Å²) in [5, 5.41) is 11.0. The quantitative estimate of drug-likeness (QED) is 0.634. The predicted molar refractivity (Wildman–Crippen MR) is 64.4 cm³/mol. The fourth-order valence-corrected chi connectivity index (χ4v) is 2.02. The van der Waals surface area contributed by atoms with E-state index in [9.17, 15) is 9.90 Å². The Morgan fingerprint density at radius 2 is 2.12 bits per heavy atom. The van der Waals surface area contributed by atoms with Crippen molar-refractivity contribution in [3.8, 4) is 0 Å². The summed E-state index contributed by atoms with van der Waals surface area (Å²) < 4.78 is 0. The van der Waals surface area contributed by atoms with E-state index in [2.05, 4.69) is 4.98 Å². The smallest absolute Gasteiger partial charge is 0.255 e. The van der Waals surface area contributed by atoms with Crippen LogP contribution in [0.5, 0.6) is 0 Å². The average Bonchev–Trinajstić information content (AvgIpc) is 2.23. The molecule has 16 heavy (non-hydrogen) atoms. The number of rotatable bonds is 1. The van der Waals surface area contributed by atoms with E-state index in [0.717, 1.165) is 10.9 Å². The molecule has 0 radical (unpaired) electrons. The molecule has 0 aliphatic carbocycles. The third-order valence-corrected chi connectivity index (χ3v) is 2.76.